The zero-order valence-electron chi connectivity index (χ0n) is 15.0. The summed E-state index contributed by atoms with van der Waals surface area (Å²) in [7, 11) is -2.27. The lowest BCUT2D eigenvalue weighted by Crippen LogP contribution is -2.46. The second kappa shape index (κ2) is 8.58. The molecule has 1 atom stereocenters. The Hall–Kier alpha value is -2.02. The third kappa shape index (κ3) is 4.03. The predicted octanol–water partition coefficient (Wildman–Crippen LogP) is 2.48. The van der Waals surface area contributed by atoms with Crippen molar-refractivity contribution in [1.29, 1.82) is 0 Å². The lowest BCUT2D eigenvalue weighted by Gasteiger charge is -2.25. The number of fused-ring (bicyclic) bond motifs is 1. The highest BCUT2D eigenvalue weighted by molar-refractivity contribution is 7.53. The van der Waals surface area contributed by atoms with Crippen molar-refractivity contribution < 1.29 is 32.7 Å². The van der Waals surface area contributed by atoms with Gasteiger partial charge < -0.3 is 13.8 Å². The van der Waals surface area contributed by atoms with E-state index < -0.39 is 31.4 Å². The molecule has 0 saturated heterocycles. The van der Waals surface area contributed by atoms with E-state index in [2.05, 4.69) is 0 Å². The van der Waals surface area contributed by atoms with Crippen LogP contribution in [0.4, 0.5) is 0 Å². The Morgan fingerprint density at radius 2 is 1.58 bits per heavy atom. The number of carbonyl (C=O) groups is 3. The zero-order chi connectivity index (χ0) is 19.3. The predicted molar refractivity (Wildman–Crippen MR) is 93.1 cm³/mol. The number of hydrogen-bond acceptors (Lipinski definition) is 7. The number of ether oxygens (including phenoxy) is 1. The molecule has 0 aromatic heterocycles. The Balaban J connectivity index is 2.26. The maximum atomic E-state index is 12.6. The van der Waals surface area contributed by atoms with E-state index >= 15 is 0 Å². The van der Waals surface area contributed by atoms with E-state index in [0.29, 0.717) is 0 Å². The molecule has 142 valence electrons. The number of imide groups is 1. The Kier molecular flexibility index (Phi) is 6.69. The summed E-state index contributed by atoms with van der Waals surface area (Å²) in [5, 5.41) is 0. The van der Waals surface area contributed by atoms with Gasteiger partial charge in [0.1, 0.15) is 6.04 Å². The highest BCUT2D eigenvalue weighted by atomic mass is 31.2. The molecule has 1 aliphatic rings. The lowest BCUT2D eigenvalue weighted by atomic mass is 10.1. The largest absolute Gasteiger partial charge is 0.467 e. The first-order valence-electron chi connectivity index (χ1n) is 8.31. The Labute approximate surface area is 151 Å². The molecule has 0 N–H and O–H groups in total. The van der Waals surface area contributed by atoms with E-state index in [4.69, 9.17) is 13.8 Å². The smallest absolute Gasteiger partial charge is 0.330 e. The molecule has 1 unspecified atom stereocenters. The second-order valence-electron chi connectivity index (χ2n) is 5.52. The second-order valence-corrected chi connectivity index (χ2v) is 7.71. The van der Waals surface area contributed by atoms with E-state index in [9.17, 15) is 18.9 Å². The number of methoxy groups -OCH3 is 1. The molecular formula is C17H22NO7P. The third-order valence-corrected chi connectivity index (χ3v) is 6.05. The van der Waals surface area contributed by atoms with Crippen LogP contribution in [0, 0.1) is 0 Å². The van der Waals surface area contributed by atoms with Crippen molar-refractivity contribution >= 4 is 25.4 Å². The molecule has 0 radical (unpaired) electrons. The van der Waals surface area contributed by atoms with Crippen LogP contribution in [0.15, 0.2) is 24.3 Å². The van der Waals surface area contributed by atoms with Crippen molar-refractivity contribution in [2.45, 2.75) is 26.3 Å². The number of hydrogen-bond donors (Lipinski definition) is 0. The van der Waals surface area contributed by atoms with Gasteiger partial charge in [-0.25, -0.2) is 4.79 Å². The topological polar surface area (TPSA) is 99.2 Å². The molecule has 26 heavy (non-hydrogen) atoms. The fourth-order valence-electron chi connectivity index (χ4n) is 2.82. The van der Waals surface area contributed by atoms with E-state index in [1.54, 1.807) is 26.0 Å². The van der Waals surface area contributed by atoms with Crippen LogP contribution in [-0.4, -0.2) is 55.2 Å². The van der Waals surface area contributed by atoms with Gasteiger partial charge in [-0.05, 0) is 32.4 Å². The molecule has 1 aliphatic heterocycles. The van der Waals surface area contributed by atoms with E-state index in [0.717, 1.165) is 12.0 Å². The minimum Gasteiger partial charge on any atom is -0.467 e. The van der Waals surface area contributed by atoms with Crippen LogP contribution in [0.2, 0.25) is 0 Å². The quantitative estimate of drug-likeness (QED) is 0.367. The SMILES string of the molecule is CCOP(=O)(CCC(C(=O)OC)N1C(=O)c2ccccc2C1=O)OCC. The number of carbonyl (C=O) groups excluding carboxylic acids is 3. The number of nitrogens with zero attached hydrogens (tertiary/aromatic N) is 1. The van der Waals surface area contributed by atoms with Gasteiger partial charge in [-0.1, -0.05) is 12.1 Å². The average molecular weight is 383 g/mol. The van der Waals surface area contributed by atoms with Crippen molar-refractivity contribution in [3.8, 4) is 0 Å². The molecule has 0 fully saturated rings. The molecule has 0 aliphatic carbocycles. The summed E-state index contributed by atoms with van der Waals surface area (Å²) in [6.45, 7) is 3.70. The van der Waals surface area contributed by atoms with Crippen molar-refractivity contribution in [2.24, 2.45) is 0 Å². The molecule has 1 aromatic rings. The molecular weight excluding hydrogens is 361 g/mol. The van der Waals surface area contributed by atoms with Crippen molar-refractivity contribution in [2.75, 3.05) is 26.5 Å². The summed E-state index contributed by atoms with van der Waals surface area (Å²) in [4.78, 5) is 38.3. The van der Waals surface area contributed by atoms with Gasteiger partial charge in [-0.2, -0.15) is 0 Å². The fourth-order valence-corrected chi connectivity index (χ4v) is 4.50. The summed E-state index contributed by atoms with van der Waals surface area (Å²) >= 11 is 0. The van der Waals surface area contributed by atoms with Crippen molar-refractivity contribution in [1.82, 2.24) is 4.90 Å². The third-order valence-electron chi connectivity index (χ3n) is 3.94. The van der Waals surface area contributed by atoms with Crippen molar-refractivity contribution in [3.05, 3.63) is 35.4 Å². The monoisotopic (exact) mass is 383 g/mol. The van der Waals surface area contributed by atoms with Gasteiger partial charge in [-0.15, -0.1) is 0 Å². The van der Waals surface area contributed by atoms with Gasteiger partial charge in [0.05, 0.1) is 37.6 Å². The van der Waals surface area contributed by atoms with E-state index in [1.807, 2.05) is 0 Å². The van der Waals surface area contributed by atoms with Crippen LogP contribution in [0.25, 0.3) is 0 Å². The first-order valence-corrected chi connectivity index (χ1v) is 10.0. The summed E-state index contributed by atoms with van der Waals surface area (Å²) in [5.74, 6) is -1.92. The standard InChI is InChI=1S/C17H22NO7P/c1-4-24-26(22,25-5-2)11-10-14(17(21)23-3)18-15(19)12-8-6-7-9-13(12)16(18)20/h6-9,14H,4-5,10-11H2,1-3H3. The molecule has 0 saturated carbocycles. The Bertz CT molecular complexity index is 703. The van der Waals surface area contributed by atoms with Gasteiger partial charge in [0.25, 0.3) is 11.8 Å². The van der Waals surface area contributed by atoms with Crippen LogP contribution in [0.3, 0.4) is 0 Å². The molecule has 1 aromatic carbocycles. The molecule has 1 heterocycles. The number of benzene rings is 1. The van der Waals surface area contributed by atoms with Gasteiger partial charge >= 0.3 is 13.6 Å². The summed E-state index contributed by atoms with van der Waals surface area (Å²) in [5.41, 5.74) is 0.452. The molecule has 8 nitrogen and oxygen atoms in total. The van der Waals surface area contributed by atoms with Crippen LogP contribution in [-0.2, 0) is 23.1 Å². The van der Waals surface area contributed by atoms with Crippen LogP contribution in [0.5, 0.6) is 0 Å². The van der Waals surface area contributed by atoms with E-state index in [-0.39, 0.29) is 36.9 Å². The van der Waals surface area contributed by atoms with Gasteiger partial charge in [-0.3, -0.25) is 19.1 Å². The van der Waals surface area contributed by atoms with Gasteiger partial charge in [0.2, 0.25) is 0 Å². The highest BCUT2D eigenvalue weighted by Crippen LogP contribution is 2.49. The van der Waals surface area contributed by atoms with E-state index in [1.165, 1.54) is 12.1 Å². The summed E-state index contributed by atoms with van der Waals surface area (Å²) in [6, 6.07) is 5.12. The highest BCUT2D eigenvalue weighted by Gasteiger charge is 2.44. The fraction of sp³-hybridized carbons (Fsp3) is 0.471. The zero-order valence-corrected chi connectivity index (χ0v) is 15.9. The molecule has 0 bridgehead atoms. The Morgan fingerprint density at radius 1 is 1.08 bits per heavy atom. The maximum Gasteiger partial charge on any atom is 0.330 e. The number of amides is 2. The van der Waals surface area contributed by atoms with Gasteiger partial charge in [0, 0.05) is 0 Å². The first kappa shape index (κ1) is 20.3. The summed E-state index contributed by atoms with van der Waals surface area (Å²) in [6.07, 6.45) is -0.211. The van der Waals surface area contributed by atoms with Gasteiger partial charge in [0.15, 0.2) is 0 Å². The normalized spacial score (nSPS) is 15.1. The summed E-state index contributed by atoms with van der Waals surface area (Å²) < 4.78 is 27.8. The van der Waals surface area contributed by atoms with Crippen LogP contribution >= 0.6 is 7.60 Å². The molecule has 9 heteroatoms. The van der Waals surface area contributed by atoms with Crippen molar-refractivity contribution in [3.63, 3.8) is 0 Å². The molecule has 2 amide bonds. The maximum absolute atomic E-state index is 12.6. The van der Waals surface area contributed by atoms with Crippen LogP contribution < -0.4 is 0 Å². The minimum atomic E-state index is -3.43. The average Bonchev–Trinajstić information content (AvgIpc) is 2.87. The Morgan fingerprint density at radius 3 is 2.00 bits per heavy atom. The minimum absolute atomic E-state index is 0.0879. The molecule has 2 rings (SSSR count). The van der Waals surface area contributed by atoms with Crippen LogP contribution in [0.1, 0.15) is 41.0 Å². The number of esters is 1. The number of rotatable bonds is 9. The first-order chi connectivity index (χ1) is 12.4. The lowest BCUT2D eigenvalue weighted by molar-refractivity contribution is -0.145. The molecule has 0 spiro atoms.